The lowest BCUT2D eigenvalue weighted by atomic mass is 10.1. The fourth-order valence-electron chi connectivity index (χ4n) is 2.70. The van der Waals surface area contributed by atoms with E-state index in [4.69, 9.17) is 9.47 Å². The van der Waals surface area contributed by atoms with Gasteiger partial charge in [0, 0.05) is 11.6 Å². The van der Waals surface area contributed by atoms with Gasteiger partial charge in [0.2, 0.25) is 0 Å². The molecule has 0 atom stereocenters. The van der Waals surface area contributed by atoms with E-state index in [0.29, 0.717) is 23.6 Å². The highest BCUT2D eigenvalue weighted by atomic mass is 16.5. The second-order valence-electron chi connectivity index (χ2n) is 5.60. The van der Waals surface area contributed by atoms with Crippen LogP contribution in [0.1, 0.15) is 18.1 Å². The van der Waals surface area contributed by atoms with E-state index in [1.807, 2.05) is 50.2 Å². The third-order valence-electron chi connectivity index (χ3n) is 3.89. The first-order valence-electron chi connectivity index (χ1n) is 8.03. The van der Waals surface area contributed by atoms with Gasteiger partial charge in [0.1, 0.15) is 17.6 Å². The van der Waals surface area contributed by atoms with Crippen LogP contribution in [0.4, 0.5) is 11.4 Å². The summed E-state index contributed by atoms with van der Waals surface area (Å²) in [6.45, 7) is 4.52. The van der Waals surface area contributed by atoms with Gasteiger partial charge in [0.05, 0.1) is 36.2 Å². The molecule has 0 amide bonds. The predicted octanol–water partition coefficient (Wildman–Crippen LogP) is 4.57. The zero-order valence-electron chi connectivity index (χ0n) is 14.5. The molecule has 0 aliphatic carbocycles. The minimum Gasteiger partial charge on any atom is -0.495 e. The molecule has 1 aromatic heterocycles. The Morgan fingerprint density at radius 2 is 2.04 bits per heavy atom. The Morgan fingerprint density at radius 3 is 2.76 bits per heavy atom. The van der Waals surface area contributed by atoms with Crippen LogP contribution in [0.5, 0.6) is 11.5 Å². The van der Waals surface area contributed by atoms with Crippen molar-refractivity contribution in [3.05, 3.63) is 53.7 Å². The van der Waals surface area contributed by atoms with Crippen LogP contribution < -0.4 is 14.8 Å². The molecule has 1 heterocycles. The third-order valence-corrected chi connectivity index (χ3v) is 3.89. The van der Waals surface area contributed by atoms with E-state index in [-0.39, 0.29) is 0 Å². The molecule has 0 spiro atoms. The largest absolute Gasteiger partial charge is 0.495 e. The summed E-state index contributed by atoms with van der Waals surface area (Å²) in [5.41, 5.74) is 3.84. The van der Waals surface area contributed by atoms with E-state index in [2.05, 4.69) is 16.4 Å². The number of nitriles is 1. The molecule has 0 radical (unpaired) electrons. The van der Waals surface area contributed by atoms with Gasteiger partial charge in [0.25, 0.3) is 0 Å². The van der Waals surface area contributed by atoms with Crippen LogP contribution in [0, 0.1) is 18.3 Å². The number of aryl methyl sites for hydroxylation is 1. The average Bonchev–Trinajstić information content (AvgIpc) is 2.62. The fraction of sp³-hybridized carbons (Fsp3) is 0.200. The molecule has 0 fully saturated rings. The summed E-state index contributed by atoms with van der Waals surface area (Å²) in [5, 5.41) is 13.7. The number of nitrogens with zero attached hydrogens (tertiary/aromatic N) is 2. The van der Waals surface area contributed by atoms with Crippen LogP contribution >= 0.6 is 0 Å². The summed E-state index contributed by atoms with van der Waals surface area (Å²) in [6, 6.07) is 13.7. The Hall–Kier alpha value is -3.26. The maximum atomic E-state index is 9.52. The molecule has 126 valence electrons. The summed E-state index contributed by atoms with van der Waals surface area (Å²) in [4.78, 5) is 4.37. The van der Waals surface area contributed by atoms with Gasteiger partial charge in [-0.2, -0.15) is 5.26 Å². The second-order valence-corrected chi connectivity index (χ2v) is 5.60. The SMILES string of the molecule is CCOc1ccc2ncc(C#N)c(Nc3cc(C)ccc3OC)c2c1. The summed E-state index contributed by atoms with van der Waals surface area (Å²) >= 11 is 0. The number of rotatable bonds is 5. The normalized spacial score (nSPS) is 10.3. The van der Waals surface area contributed by atoms with Crippen molar-refractivity contribution in [3.8, 4) is 17.6 Å². The van der Waals surface area contributed by atoms with Crippen LogP contribution in [0.25, 0.3) is 10.9 Å². The van der Waals surface area contributed by atoms with Crippen LogP contribution in [0.15, 0.2) is 42.6 Å². The molecule has 0 saturated carbocycles. The van der Waals surface area contributed by atoms with E-state index in [0.717, 1.165) is 27.9 Å². The Balaban J connectivity index is 2.18. The summed E-state index contributed by atoms with van der Waals surface area (Å²) in [5.74, 6) is 1.45. The number of benzene rings is 2. The Labute approximate surface area is 146 Å². The number of pyridine rings is 1. The predicted molar refractivity (Wildman–Crippen MR) is 98.6 cm³/mol. The molecular formula is C20H19N3O2. The molecule has 3 rings (SSSR count). The van der Waals surface area contributed by atoms with Gasteiger partial charge >= 0.3 is 0 Å². The maximum absolute atomic E-state index is 9.52. The smallest absolute Gasteiger partial charge is 0.142 e. The molecule has 5 heteroatoms. The number of anilines is 2. The van der Waals surface area contributed by atoms with Crippen molar-refractivity contribution in [1.29, 1.82) is 5.26 Å². The first-order valence-corrected chi connectivity index (χ1v) is 8.03. The van der Waals surface area contributed by atoms with Gasteiger partial charge in [-0.3, -0.25) is 4.98 Å². The van der Waals surface area contributed by atoms with E-state index < -0.39 is 0 Å². The number of fused-ring (bicyclic) bond motifs is 1. The van der Waals surface area contributed by atoms with Crippen molar-refractivity contribution in [1.82, 2.24) is 4.98 Å². The van der Waals surface area contributed by atoms with Crippen LogP contribution in [-0.4, -0.2) is 18.7 Å². The van der Waals surface area contributed by atoms with Crippen LogP contribution in [0.2, 0.25) is 0 Å². The molecule has 0 aliphatic heterocycles. The third kappa shape index (κ3) is 3.33. The van der Waals surface area contributed by atoms with Crippen LogP contribution in [-0.2, 0) is 0 Å². The Bertz CT molecular complexity index is 961. The molecule has 0 unspecified atom stereocenters. The molecule has 0 aliphatic rings. The molecular weight excluding hydrogens is 314 g/mol. The standard InChI is InChI=1S/C20H19N3O2/c1-4-25-15-6-7-17-16(10-15)20(14(11-21)12-22-17)23-18-9-13(2)5-8-19(18)24-3/h5-10,12H,4H2,1-3H3,(H,22,23). The van der Waals surface area contributed by atoms with Gasteiger partial charge < -0.3 is 14.8 Å². The minimum atomic E-state index is 0.463. The zero-order valence-corrected chi connectivity index (χ0v) is 14.5. The van der Waals surface area contributed by atoms with E-state index in [1.165, 1.54) is 0 Å². The highest BCUT2D eigenvalue weighted by Gasteiger charge is 2.13. The highest BCUT2D eigenvalue weighted by Crippen LogP contribution is 2.35. The molecule has 3 aromatic rings. The van der Waals surface area contributed by atoms with Gasteiger partial charge in [-0.05, 0) is 49.7 Å². The van der Waals surface area contributed by atoms with Crippen molar-refractivity contribution in [3.63, 3.8) is 0 Å². The average molecular weight is 333 g/mol. The minimum absolute atomic E-state index is 0.463. The van der Waals surface area contributed by atoms with Crippen molar-refractivity contribution < 1.29 is 9.47 Å². The first-order chi connectivity index (χ1) is 12.2. The highest BCUT2D eigenvalue weighted by molar-refractivity contribution is 5.97. The second kappa shape index (κ2) is 7.10. The molecule has 5 nitrogen and oxygen atoms in total. The topological polar surface area (TPSA) is 67.2 Å². The van der Waals surface area contributed by atoms with Crippen LogP contribution in [0.3, 0.4) is 0 Å². The number of hydrogen-bond donors (Lipinski definition) is 1. The lowest BCUT2D eigenvalue weighted by Crippen LogP contribution is -2.00. The fourth-order valence-corrected chi connectivity index (χ4v) is 2.70. The number of hydrogen-bond acceptors (Lipinski definition) is 5. The molecule has 0 bridgehead atoms. The van der Waals surface area contributed by atoms with E-state index >= 15 is 0 Å². The van der Waals surface area contributed by atoms with Gasteiger partial charge in [-0.1, -0.05) is 6.07 Å². The van der Waals surface area contributed by atoms with Gasteiger partial charge in [0.15, 0.2) is 0 Å². The monoisotopic (exact) mass is 333 g/mol. The molecule has 2 aromatic carbocycles. The van der Waals surface area contributed by atoms with Crippen molar-refractivity contribution in [2.75, 3.05) is 19.0 Å². The first kappa shape index (κ1) is 16.6. The van der Waals surface area contributed by atoms with Gasteiger partial charge in [-0.25, -0.2) is 0 Å². The quantitative estimate of drug-likeness (QED) is 0.741. The number of aromatic nitrogens is 1. The zero-order chi connectivity index (χ0) is 17.8. The number of nitrogens with one attached hydrogen (secondary N) is 1. The van der Waals surface area contributed by atoms with E-state index in [1.54, 1.807) is 13.3 Å². The lowest BCUT2D eigenvalue weighted by molar-refractivity contribution is 0.340. The lowest BCUT2D eigenvalue weighted by Gasteiger charge is -2.15. The number of methoxy groups -OCH3 is 1. The molecule has 1 N–H and O–H groups in total. The Morgan fingerprint density at radius 1 is 1.20 bits per heavy atom. The van der Waals surface area contributed by atoms with E-state index in [9.17, 15) is 5.26 Å². The van der Waals surface area contributed by atoms with Gasteiger partial charge in [-0.15, -0.1) is 0 Å². The Kier molecular flexibility index (Phi) is 4.71. The maximum Gasteiger partial charge on any atom is 0.142 e. The summed E-state index contributed by atoms with van der Waals surface area (Å²) in [7, 11) is 1.62. The summed E-state index contributed by atoms with van der Waals surface area (Å²) in [6.07, 6.45) is 1.58. The summed E-state index contributed by atoms with van der Waals surface area (Å²) < 4.78 is 11.0. The van der Waals surface area contributed by atoms with Crippen molar-refractivity contribution in [2.45, 2.75) is 13.8 Å². The molecule has 0 saturated heterocycles. The van der Waals surface area contributed by atoms with Crippen molar-refractivity contribution in [2.24, 2.45) is 0 Å². The van der Waals surface area contributed by atoms with Crippen molar-refractivity contribution >= 4 is 22.3 Å². The number of ether oxygens (including phenoxy) is 2. The molecule has 25 heavy (non-hydrogen) atoms.